The van der Waals surface area contributed by atoms with Gasteiger partial charge in [-0.15, -0.1) is 0 Å². The van der Waals surface area contributed by atoms with E-state index in [1.807, 2.05) is 41.1 Å². The van der Waals surface area contributed by atoms with Gasteiger partial charge in [-0.3, -0.25) is 4.79 Å². The van der Waals surface area contributed by atoms with E-state index >= 15 is 0 Å². The van der Waals surface area contributed by atoms with E-state index in [9.17, 15) is 9.59 Å². The third kappa shape index (κ3) is 3.46. The molecule has 0 amide bonds. The number of esters is 1. The number of methoxy groups -OCH3 is 1. The molecule has 0 radical (unpaired) electrons. The Morgan fingerprint density at radius 3 is 2.64 bits per heavy atom. The largest absolute Gasteiger partial charge is 0.464 e. The van der Waals surface area contributed by atoms with E-state index in [2.05, 4.69) is 19.9 Å². The van der Waals surface area contributed by atoms with Gasteiger partial charge < -0.3 is 4.74 Å². The van der Waals surface area contributed by atoms with E-state index in [0.29, 0.717) is 34.4 Å². The summed E-state index contributed by atoms with van der Waals surface area (Å²) in [5, 5.41) is 5.37. The van der Waals surface area contributed by atoms with Crippen molar-refractivity contribution in [1.82, 2.24) is 9.78 Å². The van der Waals surface area contributed by atoms with Crippen LogP contribution in [0.1, 0.15) is 74.5 Å². The molecule has 0 N–H and O–H groups in total. The zero-order chi connectivity index (χ0) is 25.2. The highest BCUT2D eigenvalue weighted by Crippen LogP contribution is 2.67. The molecule has 6 heteroatoms. The Labute approximate surface area is 217 Å². The predicted octanol–water partition coefficient (Wildman–Crippen LogP) is 6.70. The number of fused-ring (bicyclic) bond motifs is 5. The van der Waals surface area contributed by atoms with Crippen LogP contribution in [0, 0.1) is 28.6 Å². The minimum Gasteiger partial charge on any atom is -0.464 e. The molecule has 5 nitrogen and oxygen atoms in total. The highest BCUT2D eigenvalue weighted by molar-refractivity contribution is 6.30. The van der Waals surface area contributed by atoms with Crippen LogP contribution in [0.15, 0.2) is 54.1 Å². The normalized spacial score (nSPS) is 35.0. The summed E-state index contributed by atoms with van der Waals surface area (Å²) in [6, 6.07) is 9.58. The van der Waals surface area contributed by atoms with Gasteiger partial charge in [0.2, 0.25) is 0 Å². The molecule has 0 aliphatic heterocycles. The number of carbonyl (C=O) groups is 2. The number of ether oxygens (including phenoxy) is 1. The van der Waals surface area contributed by atoms with Crippen LogP contribution < -0.4 is 0 Å². The summed E-state index contributed by atoms with van der Waals surface area (Å²) < 4.78 is 6.96. The first-order valence-electron chi connectivity index (χ1n) is 13.1. The molecule has 0 saturated heterocycles. The summed E-state index contributed by atoms with van der Waals surface area (Å²) in [5.41, 5.74) is 3.80. The van der Waals surface area contributed by atoms with Crippen LogP contribution in [0.4, 0.5) is 0 Å². The first-order valence-corrected chi connectivity index (χ1v) is 13.5. The molecule has 3 fully saturated rings. The summed E-state index contributed by atoms with van der Waals surface area (Å²) in [6.07, 6.45) is 12.6. The van der Waals surface area contributed by atoms with E-state index in [1.54, 1.807) is 6.08 Å². The van der Waals surface area contributed by atoms with E-state index in [4.69, 9.17) is 21.4 Å². The monoisotopic (exact) mass is 504 g/mol. The molecule has 3 saturated carbocycles. The Balaban J connectivity index is 1.37. The van der Waals surface area contributed by atoms with Gasteiger partial charge in [0.1, 0.15) is 0 Å². The molecule has 1 aromatic heterocycles. The van der Waals surface area contributed by atoms with Crippen molar-refractivity contribution in [2.45, 2.75) is 58.3 Å². The Hall–Kier alpha value is -2.66. The highest BCUT2D eigenvalue weighted by Gasteiger charge is 2.59. The lowest BCUT2D eigenvalue weighted by Gasteiger charge is -2.57. The zero-order valence-corrected chi connectivity index (χ0v) is 21.9. The molecule has 4 aliphatic carbocycles. The Morgan fingerprint density at radius 1 is 1.11 bits per heavy atom. The molecule has 0 bridgehead atoms. The van der Waals surface area contributed by atoms with E-state index in [-0.39, 0.29) is 16.6 Å². The van der Waals surface area contributed by atoms with Crippen LogP contribution in [-0.2, 0) is 9.53 Å². The molecule has 1 heterocycles. The second-order valence-electron chi connectivity index (χ2n) is 11.6. The number of hydrogen-bond acceptors (Lipinski definition) is 4. The number of halogens is 1. The standard InChI is InChI=1S/C30H33ClN2O3/c1-29-14-12-21(34)16-18(29)4-9-22-23-10-11-25(30(23,2)15-13-24(22)29)27-17-26(28(35)36-3)32-33(27)20-7-5-19(31)6-8-20/h5-8,12,14,16-17,22-25H,4,9-11,13,15H2,1-3H3/t22-,23-,24-,25+,29-,30-/m0/s1. The quantitative estimate of drug-likeness (QED) is 0.436. The number of hydrogen-bond donors (Lipinski definition) is 0. The fourth-order valence-corrected chi connectivity index (χ4v) is 8.45. The van der Waals surface area contributed by atoms with Crippen LogP contribution in [0.25, 0.3) is 5.69 Å². The minimum atomic E-state index is -0.412. The van der Waals surface area contributed by atoms with Crippen molar-refractivity contribution in [2.75, 3.05) is 7.11 Å². The van der Waals surface area contributed by atoms with Crippen molar-refractivity contribution in [1.29, 1.82) is 0 Å². The maximum atomic E-state index is 12.5. The van der Waals surface area contributed by atoms with Crippen molar-refractivity contribution >= 4 is 23.4 Å². The van der Waals surface area contributed by atoms with Gasteiger partial charge in [-0.1, -0.05) is 37.1 Å². The number of ketones is 1. The average Bonchev–Trinajstić information content (AvgIpc) is 3.45. The SMILES string of the molecule is COC(=O)c1cc([C@H]2CC[C@H]3[C@@H]4CCC5=CC(=O)C=C[C@]5(C)[C@H]4CC[C@]23C)n(-c2ccc(Cl)cc2)n1. The van der Waals surface area contributed by atoms with Crippen LogP contribution in [0.3, 0.4) is 0 Å². The first kappa shape index (κ1) is 23.7. The van der Waals surface area contributed by atoms with E-state index in [0.717, 1.165) is 43.5 Å². The van der Waals surface area contributed by atoms with Gasteiger partial charge in [0.25, 0.3) is 0 Å². The van der Waals surface area contributed by atoms with Crippen molar-refractivity contribution in [3.05, 3.63) is 70.5 Å². The third-order valence-corrected chi connectivity index (χ3v) is 10.4. The van der Waals surface area contributed by atoms with E-state index < -0.39 is 5.97 Å². The summed E-state index contributed by atoms with van der Waals surface area (Å²) >= 11 is 6.16. The molecule has 188 valence electrons. The number of nitrogens with zero attached hydrogens (tertiary/aromatic N) is 2. The molecule has 2 aromatic rings. The number of aromatic nitrogens is 2. The predicted molar refractivity (Wildman–Crippen MR) is 139 cm³/mol. The van der Waals surface area contributed by atoms with Gasteiger partial charge in [-0.25, -0.2) is 9.48 Å². The second-order valence-corrected chi connectivity index (χ2v) is 12.0. The molecule has 4 aliphatic rings. The molecular weight excluding hydrogens is 472 g/mol. The Morgan fingerprint density at radius 2 is 1.89 bits per heavy atom. The van der Waals surface area contributed by atoms with Crippen molar-refractivity contribution in [3.8, 4) is 5.69 Å². The molecule has 36 heavy (non-hydrogen) atoms. The third-order valence-electron chi connectivity index (χ3n) is 10.1. The van der Waals surface area contributed by atoms with Crippen LogP contribution in [0.5, 0.6) is 0 Å². The molecule has 6 atom stereocenters. The Kier molecular flexibility index (Phi) is 5.56. The summed E-state index contributed by atoms with van der Waals surface area (Å²) in [7, 11) is 1.40. The Bertz CT molecular complexity index is 1290. The van der Waals surface area contributed by atoms with Gasteiger partial charge in [0.15, 0.2) is 11.5 Å². The van der Waals surface area contributed by atoms with Gasteiger partial charge in [0, 0.05) is 22.0 Å². The second kappa shape index (κ2) is 8.44. The minimum absolute atomic E-state index is 0.000619. The topological polar surface area (TPSA) is 61.2 Å². The molecule has 1 aromatic carbocycles. The molecular formula is C30H33ClN2O3. The summed E-state index contributed by atoms with van der Waals surface area (Å²) in [4.78, 5) is 24.5. The number of allylic oxidation sites excluding steroid dienone is 4. The van der Waals surface area contributed by atoms with E-state index in [1.165, 1.54) is 19.1 Å². The highest BCUT2D eigenvalue weighted by atomic mass is 35.5. The maximum absolute atomic E-state index is 12.5. The summed E-state index contributed by atoms with van der Waals surface area (Å²) in [5.74, 6) is 1.86. The first-order chi connectivity index (χ1) is 17.2. The van der Waals surface area contributed by atoms with Crippen molar-refractivity contribution in [3.63, 3.8) is 0 Å². The van der Waals surface area contributed by atoms with Gasteiger partial charge in [-0.2, -0.15) is 5.10 Å². The lowest BCUT2D eigenvalue weighted by molar-refractivity contribution is -0.111. The summed E-state index contributed by atoms with van der Waals surface area (Å²) in [6.45, 7) is 4.82. The zero-order valence-electron chi connectivity index (χ0n) is 21.2. The smallest absolute Gasteiger partial charge is 0.358 e. The number of rotatable bonds is 3. The fraction of sp³-hybridized carbons (Fsp3) is 0.500. The fourth-order valence-electron chi connectivity index (χ4n) is 8.32. The molecule has 6 rings (SSSR count). The maximum Gasteiger partial charge on any atom is 0.358 e. The number of carbonyl (C=O) groups excluding carboxylic acids is 2. The van der Waals surface area contributed by atoms with Gasteiger partial charge in [0.05, 0.1) is 12.8 Å². The van der Waals surface area contributed by atoms with Crippen LogP contribution in [0.2, 0.25) is 5.02 Å². The van der Waals surface area contributed by atoms with Crippen molar-refractivity contribution in [2.24, 2.45) is 28.6 Å². The van der Waals surface area contributed by atoms with Crippen LogP contribution >= 0.6 is 11.6 Å². The van der Waals surface area contributed by atoms with Crippen LogP contribution in [-0.4, -0.2) is 28.6 Å². The number of benzene rings is 1. The molecule has 0 unspecified atom stereocenters. The van der Waals surface area contributed by atoms with Gasteiger partial charge >= 0.3 is 5.97 Å². The van der Waals surface area contributed by atoms with Crippen molar-refractivity contribution < 1.29 is 14.3 Å². The molecule has 0 spiro atoms. The lowest BCUT2D eigenvalue weighted by Crippen LogP contribution is -2.49. The lowest BCUT2D eigenvalue weighted by atomic mass is 9.47. The average molecular weight is 505 g/mol. The van der Waals surface area contributed by atoms with Gasteiger partial charge in [-0.05, 0) is 104 Å².